The van der Waals surface area contributed by atoms with Gasteiger partial charge in [-0.25, -0.2) is 0 Å². The Kier molecular flexibility index (Phi) is 5.42. The first kappa shape index (κ1) is 18.9. The maximum absolute atomic E-state index is 12.8. The average Bonchev–Trinajstić information content (AvgIpc) is 2.91. The molecule has 27 heavy (non-hydrogen) atoms. The smallest absolute Gasteiger partial charge is 0.295 e. The van der Waals surface area contributed by atoms with Gasteiger partial charge < -0.3 is 14.9 Å². The standard InChI is InChI=1S/C22H24N2O3/c1-15-8-7-11-17(14-15)19-18(20(25)16-9-5-4-6-10-16)21(26)22(27)24(19)13-12-23(2)3/h4-11,14,19,25H,12-13H2,1-3H3/b20-18-. The van der Waals surface area contributed by atoms with Crippen molar-refractivity contribution >= 4 is 17.4 Å². The molecule has 1 saturated heterocycles. The largest absolute Gasteiger partial charge is 0.507 e. The van der Waals surface area contributed by atoms with Gasteiger partial charge in [0.1, 0.15) is 5.76 Å². The van der Waals surface area contributed by atoms with E-state index in [1.165, 1.54) is 0 Å². The van der Waals surface area contributed by atoms with E-state index >= 15 is 0 Å². The van der Waals surface area contributed by atoms with Gasteiger partial charge in [-0.3, -0.25) is 9.59 Å². The fraction of sp³-hybridized carbons (Fsp3) is 0.273. The van der Waals surface area contributed by atoms with Crippen LogP contribution in [0.1, 0.15) is 22.7 Å². The Balaban J connectivity index is 2.15. The molecule has 0 aliphatic carbocycles. The number of hydrogen-bond donors (Lipinski definition) is 1. The molecule has 2 aromatic rings. The molecule has 1 aliphatic rings. The van der Waals surface area contributed by atoms with Crippen molar-refractivity contribution in [2.24, 2.45) is 0 Å². The van der Waals surface area contributed by atoms with Gasteiger partial charge in [0.05, 0.1) is 11.6 Å². The average molecular weight is 364 g/mol. The van der Waals surface area contributed by atoms with Gasteiger partial charge in [0.15, 0.2) is 0 Å². The lowest BCUT2D eigenvalue weighted by Crippen LogP contribution is -2.35. The summed E-state index contributed by atoms with van der Waals surface area (Å²) in [5.74, 6) is -1.34. The van der Waals surface area contributed by atoms with Crippen molar-refractivity contribution in [3.8, 4) is 0 Å². The Morgan fingerprint density at radius 2 is 1.78 bits per heavy atom. The SMILES string of the molecule is Cc1cccc(C2/C(=C(/O)c3ccccc3)C(=O)C(=O)N2CCN(C)C)c1. The van der Waals surface area contributed by atoms with Crippen molar-refractivity contribution in [3.63, 3.8) is 0 Å². The topological polar surface area (TPSA) is 60.9 Å². The highest BCUT2D eigenvalue weighted by molar-refractivity contribution is 6.46. The zero-order chi connectivity index (χ0) is 19.6. The minimum absolute atomic E-state index is 0.132. The number of carbonyl (C=O) groups excluding carboxylic acids is 2. The molecule has 140 valence electrons. The Bertz CT molecular complexity index is 887. The Morgan fingerprint density at radius 1 is 1.07 bits per heavy atom. The highest BCUT2D eigenvalue weighted by Gasteiger charge is 2.45. The predicted molar refractivity (Wildman–Crippen MR) is 105 cm³/mol. The quantitative estimate of drug-likeness (QED) is 0.503. The third kappa shape index (κ3) is 3.78. The maximum atomic E-state index is 12.8. The molecule has 2 aromatic carbocycles. The molecule has 0 aromatic heterocycles. The van der Waals surface area contributed by atoms with Gasteiger partial charge in [-0.15, -0.1) is 0 Å². The first-order chi connectivity index (χ1) is 12.9. The summed E-state index contributed by atoms with van der Waals surface area (Å²) in [5, 5.41) is 10.9. The van der Waals surface area contributed by atoms with Crippen molar-refractivity contribution in [2.75, 3.05) is 27.2 Å². The molecule has 3 rings (SSSR count). The van der Waals surface area contributed by atoms with E-state index in [9.17, 15) is 14.7 Å². The van der Waals surface area contributed by atoms with Crippen molar-refractivity contribution < 1.29 is 14.7 Å². The number of aryl methyl sites for hydroxylation is 1. The monoisotopic (exact) mass is 364 g/mol. The minimum atomic E-state index is -0.637. The number of hydrogen-bond acceptors (Lipinski definition) is 4. The first-order valence-electron chi connectivity index (χ1n) is 8.95. The van der Waals surface area contributed by atoms with Gasteiger partial charge in [-0.1, -0.05) is 60.2 Å². The molecular weight excluding hydrogens is 340 g/mol. The van der Waals surface area contributed by atoms with Gasteiger partial charge >= 0.3 is 0 Å². The number of aliphatic hydroxyl groups is 1. The number of ketones is 1. The summed E-state index contributed by atoms with van der Waals surface area (Å²) in [6.45, 7) is 3.00. The molecule has 0 spiro atoms. The van der Waals surface area contributed by atoms with E-state index in [0.29, 0.717) is 18.7 Å². The van der Waals surface area contributed by atoms with E-state index in [-0.39, 0.29) is 11.3 Å². The van der Waals surface area contributed by atoms with Crippen LogP contribution in [0, 0.1) is 6.92 Å². The van der Waals surface area contributed by atoms with E-state index in [1.54, 1.807) is 29.2 Å². The van der Waals surface area contributed by atoms with Crippen LogP contribution in [0.5, 0.6) is 0 Å². The van der Waals surface area contributed by atoms with E-state index in [4.69, 9.17) is 0 Å². The number of Topliss-reactive ketones (excluding diaryl/α,β-unsaturated/α-hetero) is 1. The fourth-order valence-electron chi connectivity index (χ4n) is 3.36. The van der Waals surface area contributed by atoms with Crippen LogP contribution >= 0.6 is 0 Å². The van der Waals surface area contributed by atoms with Crippen LogP contribution in [-0.4, -0.2) is 53.8 Å². The van der Waals surface area contributed by atoms with Gasteiger partial charge in [0.25, 0.3) is 11.7 Å². The van der Waals surface area contributed by atoms with Crippen LogP contribution in [0.2, 0.25) is 0 Å². The third-order valence-electron chi connectivity index (χ3n) is 4.73. The van der Waals surface area contributed by atoms with Crippen LogP contribution in [0.15, 0.2) is 60.2 Å². The van der Waals surface area contributed by atoms with Crippen LogP contribution in [0.25, 0.3) is 5.76 Å². The van der Waals surface area contributed by atoms with Crippen molar-refractivity contribution in [2.45, 2.75) is 13.0 Å². The molecule has 1 aliphatic heterocycles. The zero-order valence-corrected chi connectivity index (χ0v) is 15.8. The first-order valence-corrected chi connectivity index (χ1v) is 8.95. The van der Waals surface area contributed by atoms with Gasteiger partial charge in [-0.05, 0) is 26.6 Å². The highest BCUT2D eigenvalue weighted by Crippen LogP contribution is 2.39. The zero-order valence-electron chi connectivity index (χ0n) is 15.8. The summed E-state index contributed by atoms with van der Waals surface area (Å²) in [5.41, 5.74) is 2.53. The fourth-order valence-corrected chi connectivity index (χ4v) is 3.36. The van der Waals surface area contributed by atoms with E-state index in [1.807, 2.05) is 56.3 Å². The molecule has 1 heterocycles. The summed E-state index contributed by atoms with van der Waals surface area (Å²) >= 11 is 0. The summed E-state index contributed by atoms with van der Waals surface area (Å²) in [4.78, 5) is 29.1. The molecular formula is C22H24N2O3. The summed E-state index contributed by atoms with van der Waals surface area (Å²) in [6, 6.07) is 16.0. The molecule has 5 heteroatoms. The second-order valence-corrected chi connectivity index (χ2v) is 7.08. The molecule has 1 amide bonds. The minimum Gasteiger partial charge on any atom is -0.507 e. The number of benzene rings is 2. The summed E-state index contributed by atoms with van der Waals surface area (Å²) < 4.78 is 0. The molecule has 0 bridgehead atoms. The lowest BCUT2D eigenvalue weighted by atomic mass is 9.94. The molecule has 5 nitrogen and oxygen atoms in total. The van der Waals surface area contributed by atoms with Crippen LogP contribution in [0.4, 0.5) is 0 Å². The van der Waals surface area contributed by atoms with Crippen molar-refractivity contribution in [1.82, 2.24) is 9.80 Å². The molecule has 1 unspecified atom stereocenters. The second-order valence-electron chi connectivity index (χ2n) is 7.08. The van der Waals surface area contributed by atoms with Crippen molar-refractivity contribution in [3.05, 3.63) is 76.9 Å². The lowest BCUT2D eigenvalue weighted by molar-refractivity contribution is -0.140. The molecule has 1 fully saturated rings. The van der Waals surface area contributed by atoms with Gasteiger partial charge in [-0.2, -0.15) is 0 Å². The lowest BCUT2D eigenvalue weighted by Gasteiger charge is -2.26. The Morgan fingerprint density at radius 3 is 2.41 bits per heavy atom. The number of aliphatic hydroxyl groups excluding tert-OH is 1. The van der Waals surface area contributed by atoms with E-state index < -0.39 is 17.7 Å². The number of amides is 1. The van der Waals surface area contributed by atoms with E-state index in [0.717, 1.165) is 11.1 Å². The van der Waals surface area contributed by atoms with E-state index in [2.05, 4.69) is 0 Å². The maximum Gasteiger partial charge on any atom is 0.295 e. The van der Waals surface area contributed by atoms with Crippen molar-refractivity contribution in [1.29, 1.82) is 0 Å². The van der Waals surface area contributed by atoms with Gasteiger partial charge in [0, 0.05) is 18.7 Å². The predicted octanol–water partition coefficient (Wildman–Crippen LogP) is 2.98. The normalized spacial score (nSPS) is 19.1. The summed E-state index contributed by atoms with van der Waals surface area (Å²) in [7, 11) is 3.84. The summed E-state index contributed by atoms with van der Waals surface area (Å²) in [6.07, 6.45) is 0. The van der Waals surface area contributed by atoms with Crippen LogP contribution in [0.3, 0.4) is 0 Å². The molecule has 0 saturated carbocycles. The molecule has 0 radical (unpaired) electrons. The van der Waals surface area contributed by atoms with Crippen LogP contribution in [-0.2, 0) is 9.59 Å². The highest BCUT2D eigenvalue weighted by atomic mass is 16.3. The second kappa shape index (κ2) is 7.76. The Labute approximate surface area is 159 Å². The number of likely N-dealkylation sites (tertiary alicyclic amines) is 1. The number of carbonyl (C=O) groups is 2. The number of likely N-dealkylation sites (N-methyl/N-ethyl adjacent to an activating group) is 1. The Hall–Kier alpha value is -2.92. The third-order valence-corrected chi connectivity index (χ3v) is 4.73. The molecule has 1 N–H and O–H groups in total. The number of nitrogens with zero attached hydrogens (tertiary/aromatic N) is 2. The van der Waals surface area contributed by atoms with Crippen LogP contribution < -0.4 is 0 Å². The van der Waals surface area contributed by atoms with Gasteiger partial charge in [0.2, 0.25) is 0 Å². The number of rotatable bonds is 5. The molecule has 1 atom stereocenters.